The molecule has 1 saturated heterocycles. The molecule has 1 aromatic carbocycles. The predicted molar refractivity (Wildman–Crippen MR) is 89.1 cm³/mol. The fraction of sp³-hybridized carbons (Fsp3) is 0.611. The number of carbonyl (C=O) groups is 1. The second kappa shape index (κ2) is 7.79. The number of nitrogens with one attached hydrogen (secondary N) is 1. The molecule has 23 heavy (non-hydrogen) atoms. The van der Waals surface area contributed by atoms with Gasteiger partial charge in [-0.05, 0) is 55.4 Å². The van der Waals surface area contributed by atoms with Gasteiger partial charge in [-0.15, -0.1) is 0 Å². The number of rotatable bonds is 6. The highest BCUT2D eigenvalue weighted by atomic mass is 16.5. The lowest BCUT2D eigenvalue weighted by Crippen LogP contribution is -2.31. The van der Waals surface area contributed by atoms with E-state index in [1.54, 1.807) is 0 Å². The van der Waals surface area contributed by atoms with Gasteiger partial charge in [0, 0.05) is 18.7 Å². The molecule has 2 aliphatic rings. The Morgan fingerprint density at radius 1 is 1.35 bits per heavy atom. The van der Waals surface area contributed by atoms with Crippen molar-refractivity contribution in [3.8, 4) is 0 Å². The van der Waals surface area contributed by atoms with Crippen LogP contribution in [0.3, 0.4) is 0 Å². The third-order valence-corrected chi connectivity index (χ3v) is 4.62. The van der Waals surface area contributed by atoms with Crippen LogP contribution in [0.15, 0.2) is 18.2 Å². The maximum absolute atomic E-state index is 12.1. The van der Waals surface area contributed by atoms with Gasteiger partial charge in [-0.25, -0.2) is 0 Å². The number of benzene rings is 1. The van der Waals surface area contributed by atoms with Gasteiger partial charge in [0.1, 0.15) is 0 Å². The molecule has 0 aromatic heterocycles. The minimum absolute atomic E-state index is 0.0482. The normalized spacial score (nSPS) is 23.5. The van der Waals surface area contributed by atoms with Crippen LogP contribution in [-0.2, 0) is 20.7 Å². The summed E-state index contributed by atoms with van der Waals surface area (Å²) in [6.07, 6.45) is 5.89. The summed E-state index contributed by atoms with van der Waals surface area (Å²) in [7, 11) is 0. The maximum Gasteiger partial charge on any atom is 0.222 e. The minimum Gasteiger partial charge on any atom is -0.399 e. The molecule has 0 saturated carbocycles. The molecule has 0 bridgehead atoms. The molecule has 5 heteroatoms. The number of amides is 1. The monoisotopic (exact) mass is 318 g/mol. The zero-order chi connectivity index (χ0) is 16.1. The van der Waals surface area contributed by atoms with E-state index in [1.165, 1.54) is 11.1 Å². The molecule has 3 N–H and O–H groups in total. The molecule has 1 amide bonds. The van der Waals surface area contributed by atoms with Crippen molar-refractivity contribution in [1.82, 2.24) is 5.32 Å². The first-order valence-electron chi connectivity index (χ1n) is 8.59. The highest BCUT2D eigenvalue weighted by Gasteiger charge is 2.22. The van der Waals surface area contributed by atoms with Crippen molar-refractivity contribution < 1.29 is 14.3 Å². The molecule has 1 aliphatic carbocycles. The van der Waals surface area contributed by atoms with Crippen molar-refractivity contribution in [1.29, 1.82) is 0 Å². The van der Waals surface area contributed by atoms with E-state index in [2.05, 4.69) is 5.32 Å². The number of carbonyl (C=O) groups excluding carboxylic acids is 1. The van der Waals surface area contributed by atoms with Crippen LogP contribution in [-0.4, -0.2) is 31.8 Å². The van der Waals surface area contributed by atoms with E-state index in [1.807, 2.05) is 18.2 Å². The second-order valence-electron chi connectivity index (χ2n) is 6.43. The van der Waals surface area contributed by atoms with E-state index in [9.17, 15) is 4.79 Å². The van der Waals surface area contributed by atoms with E-state index in [-0.39, 0.29) is 18.1 Å². The molecular formula is C18H26N2O3. The van der Waals surface area contributed by atoms with Crippen molar-refractivity contribution in [3.05, 3.63) is 29.3 Å². The van der Waals surface area contributed by atoms with Crippen molar-refractivity contribution in [2.24, 2.45) is 0 Å². The topological polar surface area (TPSA) is 73.6 Å². The van der Waals surface area contributed by atoms with Crippen LogP contribution >= 0.6 is 0 Å². The number of nitrogen functional groups attached to an aromatic ring is 1. The molecule has 1 aromatic rings. The fourth-order valence-corrected chi connectivity index (χ4v) is 3.41. The summed E-state index contributed by atoms with van der Waals surface area (Å²) in [5.74, 6) is 0.0482. The van der Waals surface area contributed by atoms with Gasteiger partial charge in [0.2, 0.25) is 5.91 Å². The Labute approximate surface area is 137 Å². The predicted octanol–water partition coefficient (Wildman–Crippen LogP) is 2.35. The smallest absolute Gasteiger partial charge is 0.222 e. The Hall–Kier alpha value is -1.59. The Balaban J connectivity index is 1.43. The molecule has 126 valence electrons. The van der Waals surface area contributed by atoms with Gasteiger partial charge in [0.25, 0.3) is 0 Å². The van der Waals surface area contributed by atoms with Crippen molar-refractivity contribution in [2.45, 2.75) is 50.7 Å². The summed E-state index contributed by atoms with van der Waals surface area (Å²) in [4.78, 5) is 12.1. The van der Waals surface area contributed by atoms with Crippen molar-refractivity contribution >= 4 is 11.6 Å². The fourth-order valence-electron chi connectivity index (χ4n) is 3.41. The lowest BCUT2D eigenvalue weighted by Gasteiger charge is -2.26. The zero-order valence-electron chi connectivity index (χ0n) is 13.6. The van der Waals surface area contributed by atoms with E-state index in [0.717, 1.165) is 44.4 Å². The van der Waals surface area contributed by atoms with E-state index >= 15 is 0 Å². The molecule has 1 heterocycles. The quantitative estimate of drug-likeness (QED) is 0.624. The first kappa shape index (κ1) is 16.3. The average Bonchev–Trinajstić information content (AvgIpc) is 3.05. The molecule has 1 fully saturated rings. The van der Waals surface area contributed by atoms with Crippen LogP contribution < -0.4 is 11.1 Å². The SMILES string of the molecule is Nc1ccc2c(c1)CCCC2NC(=O)CCOCC1CCCO1. The number of nitrogens with two attached hydrogens (primary N) is 1. The highest BCUT2D eigenvalue weighted by Crippen LogP contribution is 2.30. The number of ether oxygens (including phenoxy) is 2. The molecule has 0 spiro atoms. The third-order valence-electron chi connectivity index (χ3n) is 4.62. The summed E-state index contributed by atoms with van der Waals surface area (Å²) >= 11 is 0. The Kier molecular flexibility index (Phi) is 5.51. The average molecular weight is 318 g/mol. The van der Waals surface area contributed by atoms with E-state index in [0.29, 0.717) is 19.6 Å². The lowest BCUT2D eigenvalue weighted by molar-refractivity contribution is -0.123. The Bertz CT molecular complexity index is 541. The van der Waals surface area contributed by atoms with E-state index < -0.39 is 0 Å². The molecule has 2 atom stereocenters. The zero-order valence-corrected chi connectivity index (χ0v) is 13.6. The summed E-state index contributed by atoms with van der Waals surface area (Å²) in [6.45, 7) is 1.88. The second-order valence-corrected chi connectivity index (χ2v) is 6.43. The maximum atomic E-state index is 12.1. The summed E-state index contributed by atoms with van der Waals surface area (Å²) in [5.41, 5.74) is 9.11. The molecular weight excluding hydrogens is 292 g/mol. The van der Waals surface area contributed by atoms with E-state index in [4.69, 9.17) is 15.2 Å². The van der Waals surface area contributed by atoms with Gasteiger partial charge >= 0.3 is 0 Å². The van der Waals surface area contributed by atoms with Gasteiger partial charge in [-0.2, -0.15) is 0 Å². The summed E-state index contributed by atoms with van der Waals surface area (Å²) < 4.78 is 11.1. The first-order chi connectivity index (χ1) is 11.2. The lowest BCUT2D eigenvalue weighted by atomic mass is 9.87. The van der Waals surface area contributed by atoms with Crippen LogP contribution in [0.5, 0.6) is 0 Å². The molecule has 1 aliphatic heterocycles. The van der Waals surface area contributed by atoms with Crippen LogP contribution in [0.25, 0.3) is 0 Å². The third kappa shape index (κ3) is 4.45. The summed E-state index contributed by atoms with van der Waals surface area (Å²) in [6, 6.07) is 6.08. The summed E-state index contributed by atoms with van der Waals surface area (Å²) in [5, 5.41) is 3.13. The van der Waals surface area contributed by atoms with Gasteiger partial charge in [0.05, 0.1) is 25.4 Å². The minimum atomic E-state index is 0.0482. The van der Waals surface area contributed by atoms with Crippen LogP contribution in [0.4, 0.5) is 5.69 Å². The molecule has 3 rings (SSSR count). The Morgan fingerprint density at radius 2 is 2.26 bits per heavy atom. The number of hydrogen-bond donors (Lipinski definition) is 2. The van der Waals surface area contributed by atoms with Crippen LogP contribution in [0.2, 0.25) is 0 Å². The Morgan fingerprint density at radius 3 is 3.09 bits per heavy atom. The van der Waals surface area contributed by atoms with Crippen LogP contribution in [0.1, 0.15) is 49.3 Å². The number of hydrogen-bond acceptors (Lipinski definition) is 4. The number of anilines is 1. The van der Waals surface area contributed by atoms with Crippen molar-refractivity contribution in [3.63, 3.8) is 0 Å². The first-order valence-corrected chi connectivity index (χ1v) is 8.59. The van der Waals surface area contributed by atoms with Crippen molar-refractivity contribution in [2.75, 3.05) is 25.6 Å². The number of aryl methyl sites for hydroxylation is 1. The van der Waals surface area contributed by atoms with Crippen LogP contribution in [0, 0.1) is 0 Å². The molecule has 5 nitrogen and oxygen atoms in total. The van der Waals surface area contributed by atoms with Gasteiger partial charge < -0.3 is 20.5 Å². The largest absolute Gasteiger partial charge is 0.399 e. The highest BCUT2D eigenvalue weighted by molar-refractivity contribution is 5.76. The standard InChI is InChI=1S/C18H26N2O3/c19-14-6-7-16-13(11-14)3-1-5-17(16)20-18(21)8-10-22-12-15-4-2-9-23-15/h6-7,11,15,17H,1-5,8-10,12,19H2,(H,20,21). The molecule has 0 radical (unpaired) electrons. The van der Waals surface area contributed by atoms with Gasteiger partial charge in [0.15, 0.2) is 0 Å². The van der Waals surface area contributed by atoms with Gasteiger partial charge in [-0.3, -0.25) is 4.79 Å². The van der Waals surface area contributed by atoms with Gasteiger partial charge in [-0.1, -0.05) is 6.07 Å². The molecule has 2 unspecified atom stereocenters. The number of fused-ring (bicyclic) bond motifs is 1.